The molecule has 1 amide bonds. The SMILES string of the molecule is O=C(Nc1ccc2c(c1)CNCC2)c1ccc(Br)cc1Cl. The van der Waals surface area contributed by atoms with E-state index in [0.29, 0.717) is 10.6 Å². The lowest BCUT2D eigenvalue weighted by atomic mass is 10.0. The molecule has 2 aromatic rings. The van der Waals surface area contributed by atoms with Gasteiger partial charge in [0.15, 0.2) is 0 Å². The predicted molar refractivity (Wildman–Crippen MR) is 89.0 cm³/mol. The zero-order valence-electron chi connectivity index (χ0n) is 11.2. The minimum Gasteiger partial charge on any atom is -0.322 e. The summed E-state index contributed by atoms with van der Waals surface area (Å²) >= 11 is 9.44. The smallest absolute Gasteiger partial charge is 0.257 e. The van der Waals surface area contributed by atoms with Gasteiger partial charge in [-0.05, 0) is 54.4 Å². The fraction of sp³-hybridized carbons (Fsp3) is 0.188. The summed E-state index contributed by atoms with van der Waals surface area (Å²) in [7, 11) is 0. The molecule has 108 valence electrons. The summed E-state index contributed by atoms with van der Waals surface area (Å²) < 4.78 is 0.851. The Balaban J connectivity index is 1.81. The average Bonchev–Trinajstić information content (AvgIpc) is 2.47. The van der Waals surface area contributed by atoms with E-state index in [1.807, 2.05) is 12.1 Å². The summed E-state index contributed by atoms with van der Waals surface area (Å²) in [6, 6.07) is 11.3. The lowest BCUT2D eigenvalue weighted by Gasteiger charge is -2.18. The van der Waals surface area contributed by atoms with Crippen LogP contribution in [0.4, 0.5) is 5.69 Å². The minimum absolute atomic E-state index is 0.198. The highest BCUT2D eigenvalue weighted by atomic mass is 79.9. The van der Waals surface area contributed by atoms with E-state index in [1.165, 1.54) is 11.1 Å². The molecular weight excluding hydrogens is 352 g/mol. The first-order valence-corrected chi connectivity index (χ1v) is 7.89. The Morgan fingerprint density at radius 3 is 2.86 bits per heavy atom. The molecule has 5 heteroatoms. The first-order valence-electron chi connectivity index (χ1n) is 6.72. The monoisotopic (exact) mass is 364 g/mol. The second kappa shape index (κ2) is 6.18. The molecule has 0 fully saturated rings. The lowest BCUT2D eigenvalue weighted by molar-refractivity contribution is 0.102. The molecule has 1 heterocycles. The molecule has 0 saturated carbocycles. The van der Waals surface area contributed by atoms with Gasteiger partial charge in [0.2, 0.25) is 0 Å². The molecule has 0 aromatic heterocycles. The van der Waals surface area contributed by atoms with Crippen LogP contribution in [0, 0.1) is 0 Å². The van der Waals surface area contributed by atoms with Crippen LogP contribution in [0.2, 0.25) is 5.02 Å². The molecule has 0 bridgehead atoms. The third-order valence-electron chi connectivity index (χ3n) is 3.53. The largest absolute Gasteiger partial charge is 0.322 e. The predicted octanol–water partition coefficient (Wildman–Crippen LogP) is 4.00. The van der Waals surface area contributed by atoms with Gasteiger partial charge in [-0.15, -0.1) is 0 Å². The van der Waals surface area contributed by atoms with Gasteiger partial charge in [0, 0.05) is 16.7 Å². The van der Waals surface area contributed by atoms with Crippen LogP contribution in [0.1, 0.15) is 21.5 Å². The van der Waals surface area contributed by atoms with E-state index in [0.717, 1.165) is 29.7 Å². The van der Waals surface area contributed by atoms with E-state index in [1.54, 1.807) is 18.2 Å². The van der Waals surface area contributed by atoms with Crippen molar-refractivity contribution in [3.63, 3.8) is 0 Å². The maximum Gasteiger partial charge on any atom is 0.257 e. The van der Waals surface area contributed by atoms with Crippen molar-refractivity contribution >= 4 is 39.1 Å². The molecule has 0 atom stereocenters. The Bertz CT molecular complexity index is 703. The van der Waals surface area contributed by atoms with E-state index in [4.69, 9.17) is 11.6 Å². The van der Waals surface area contributed by atoms with Crippen molar-refractivity contribution in [1.29, 1.82) is 0 Å². The lowest BCUT2D eigenvalue weighted by Crippen LogP contribution is -2.23. The fourth-order valence-corrected chi connectivity index (χ4v) is 3.19. The van der Waals surface area contributed by atoms with Gasteiger partial charge in [-0.1, -0.05) is 33.6 Å². The molecule has 0 unspecified atom stereocenters. The van der Waals surface area contributed by atoms with E-state index in [-0.39, 0.29) is 5.91 Å². The highest BCUT2D eigenvalue weighted by molar-refractivity contribution is 9.10. The molecule has 2 aromatic carbocycles. The number of carbonyl (C=O) groups excluding carboxylic acids is 1. The molecule has 2 N–H and O–H groups in total. The number of rotatable bonds is 2. The molecule has 1 aliphatic heterocycles. The zero-order valence-corrected chi connectivity index (χ0v) is 13.6. The van der Waals surface area contributed by atoms with Crippen molar-refractivity contribution < 1.29 is 4.79 Å². The maximum atomic E-state index is 12.3. The minimum atomic E-state index is -0.198. The van der Waals surface area contributed by atoms with Crippen LogP contribution in [-0.4, -0.2) is 12.5 Å². The van der Waals surface area contributed by atoms with Gasteiger partial charge in [0.05, 0.1) is 10.6 Å². The summed E-state index contributed by atoms with van der Waals surface area (Å²) in [4.78, 5) is 12.3. The quantitative estimate of drug-likeness (QED) is 0.844. The number of fused-ring (bicyclic) bond motifs is 1. The number of hydrogen-bond donors (Lipinski definition) is 2. The highest BCUT2D eigenvalue weighted by Crippen LogP contribution is 2.23. The molecule has 0 aliphatic carbocycles. The molecule has 21 heavy (non-hydrogen) atoms. The van der Waals surface area contributed by atoms with Gasteiger partial charge in [0.25, 0.3) is 5.91 Å². The average molecular weight is 366 g/mol. The summed E-state index contributed by atoms with van der Waals surface area (Å²) in [6.07, 6.45) is 1.03. The summed E-state index contributed by atoms with van der Waals surface area (Å²) in [5, 5.41) is 6.66. The molecule has 3 nitrogen and oxygen atoms in total. The third kappa shape index (κ3) is 3.28. The Labute approximate surface area is 136 Å². The first kappa shape index (κ1) is 14.6. The first-order chi connectivity index (χ1) is 10.1. The third-order valence-corrected chi connectivity index (χ3v) is 4.33. The van der Waals surface area contributed by atoms with Crippen molar-refractivity contribution in [2.45, 2.75) is 13.0 Å². The summed E-state index contributed by atoms with van der Waals surface area (Å²) in [6.45, 7) is 1.85. The molecule has 0 spiro atoms. The normalized spacial score (nSPS) is 13.6. The Hall–Kier alpha value is -1.36. The van der Waals surface area contributed by atoms with Crippen molar-refractivity contribution in [2.75, 3.05) is 11.9 Å². The van der Waals surface area contributed by atoms with Gasteiger partial charge < -0.3 is 10.6 Å². The van der Waals surface area contributed by atoms with Gasteiger partial charge >= 0.3 is 0 Å². The molecule has 1 aliphatic rings. The van der Waals surface area contributed by atoms with Crippen molar-refractivity contribution in [3.8, 4) is 0 Å². The van der Waals surface area contributed by atoms with Gasteiger partial charge in [-0.25, -0.2) is 0 Å². The number of benzene rings is 2. The van der Waals surface area contributed by atoms with E-state index < -0.39 is 0 Å². The zero-order chi connectivity index (χ0) is 14.8. The van der Waals surface area contributed by atoms with E-state index in [2.05, 4.69) is 32.6 Å². The molecule has 0 radical (unpaired) electrons. The second-order valence-corrected chi connectivity index (χ2v) is 6.31. The number of amides is 1. The van der Waals surface area contributed by atoms with Crippen LogP contribution >= 0.6 is 27.5 Å². The second-order valence-electron chi connectivity index (χ2n) is 4.99. The fourth-order valence-electron chi connectivity index (χ4n) is 2.43. The van der Waals surface area contributed by atoms with E-state index in [9.17, 15) is 4.79 Å². The van der Waals surface area contributed by atoms with Crippen molar-refractivity contribution in [3.05, 3.63) is 62.6 Å². The number of carbonyl (C=O) groups is 1. The number of halogens is 2. The van der Waals surface area contributed by atoms with Crippen molar-refractivity contribution in [2.24, 2.45) is 0 Å². The van der Waals surface area contributed by atoms with Crippen LogP contribution in [0.25, 0.3) is 0 Å². The number of nitrogens with one attached hydrogen (secondary N) is 2. The standard InChI is InChI=1S/C16H14BrClN2O/c17-12-2-4-14(15(18)8-12)16(21)20-13-3-1-10-5-6-19-9-11(10)7-13/h1-4,7-8,19H,5-6,9H2,(H,20,21). The number of hydrogen-bond acceptors (Lipinski definition) is 2. The van der Waals surface area contributed by atoms with Crippen LogP contribution in [0.3, 0.4) is 0 Å². The molecule has 0 saturated heterocycles. The molecule has 3 rings (SSSR count). The van der Waals surface area contributed by atoms with Gasteiger partial charge in [-0.2, -0.15) is 0 Å². The van der Waals surface area contributed by atoms with Crippen LogP contribution in [0.5, 0.6) is 0 Å². The van der Waals surface area contributed by atoms with Gasteiger partial charge in [0.1, 0.15) is 0 Å². The van der Waals surface area contributed by atoms with Crippen molar-refractivity contribution in [1.82, 2.24) is 5.32 Å². The van der Waals surface area contributed by atoms with E-state index >= 15 is 0 Å². The number of anilines is 1. The summed E-state index contributed by atoms with van der Waals surface area (Å²) in [5.41, 5.74) is 3.84. The Kier molecular flexibility index (Phi) is 4.29. The van der Waals surface area contributed by atoms with Gasteiger partial charge in [-0.3, -0.25) is 4.79 Å². The summed E-state index contributed by atoms with van der Waals surface area (Å²) in [5.74, 6) is -0.198. The van der Waals surface area contributed by atoms with Crippen LogP contribution in [0.15, 0.2) is 40.9 Å². The van der Waals surface area contributed by atoms with Crippen LogP contribution in [-0.2, 0) is 13.0 Å². The Morgan fingerprint density at radius 1 is 1.19 bits per heavy atom. The topological polar surface area (TPSA) is 41.1 Å². The maximum absolute atomic E-state index is 12.3. The molecular formula is C16H14BrClN2O. The Morgan fingerprint density at radius 2 is 2.05 bits per heavy atom. The highest BCUT2D eigenvalue weighted by Gasteiger charge is 2.13. The van der Waals surface area contributed by atoms with Crippen LogP contribution < -0.4 is 10.6 Å².